The van der Waals surface area contributed by atoms with Crippen LogP contribution in [0.5, 0.6) is 0 Å². The Hall–Kier alpha value is -1.13. The van der Waals surface area contributed by atoms with Gasteiger partial charge >= 0.3 is 5.97 Å². The fourth-order valence-corrected chi connectivity index (χ4v) is 2.13. The third kappa shape index (κ3) is 3.91. The van der Waals surface area contributed by atoms with Crippen molar-refractivity contribution in [2.24, 2.45) is 5.92 Å². The van der Waals surface area contributed by atoms with Gasteiger partial charge in [0, 0.05) is 5.56 Å². The van der Waals surface area contributed by atoms with E-state index in [1.54, 1.807) is 0 Å². The minimum atomic E-state index is -1.25. The van der Waals surface area contributed by atoms with E-state index in [1.807, 2.05) is 6.92 Å². The van der Waals surface area contributed by atoms with Crippen LogP contribution in [0.4, 0.5) is 4.39 Å². The highest BCUT2D eigenvalue weighted by molar-refractivity contribution is 6.30. The van der Waals surface area contributed by atoms with Crippen LogP contribution in [-0.2, 0) is 9.53 Å². The molecule has 0 aliphatic carbocycles. The molecule has 0 heterocycles. The van der Waals surface area contributed by atoms with E-state index in [2.05, 4.69) is 4.74 Å². The van der Waals surface area contributed by atoms with E-state index < -0.39 is 23.8 Å². The Morgan fingerprint density at radius 2 is 2.21 bits per heavy atom. The first-order valence-electron chi connectivity index (χ1n) is 6.22. The molecule has 0 aliphatic heterocycles. The summed E-state index contributed by atoms with van der Waals surface area (Å²) in [5, 5.41) is 10.1. The first kappa shape index (κ1) is 15.9. The highest BCUT2D eigenvalue weighted by Gasteiger charge is 2.30. The van der Waals surface area contributed by atoms with Crippen LogP contribution in [0, 0.1) is 11.7 Å². The lowest BCUT2D eigenvalue weighted by atomic mass is 9.91. The van der Waals surface area contributed by atoms with Gasteiger partial charge in [0.2, 0.25) is 0 Å². The lowest BCUT2D eigenvalue weighted by molar-refractivity contribution is -0.150. The topological polar surface area (TPSA) is 46.5 Å². The van der Waals surface area contributed by atoms with E-state index in [9.17, 15) is 14.3 Å². The zero-order chi connectivity index (χ0) is 14.4. The number of methoxy groups -OCH3 is 1. The molecule has 0 aliphatic rings. The molecule has 1 aromatic carbocycles. The first-order valence-corrected chi connectivity index (χ1v) is 6.60. The molecule has 0 fully saturated rings. The standard InChI is InChI=1S/C14H18ClFO3/c1-3-4-6-10(14(18)19-2)13(17)9-7-5-8-11(15)12(9)16/h5,7-8,10,13,17H,3-4,6H2,1-2H3. The minimum absolute atomic E-state index is 0.0269. The van der Waals surface area contributed by atoms with Crippen molar-refractivity contribution < 1.29 is 19.0 Å². The van der Waals surface area contributed by atoms with Gasteiger partial charge in [0.25, 0.3) is 0 Å². The lowest BCUT2D eigenvalue weighted by Crippen LogP contribution is -2.24. The molecule has 2 unspecified atom stereocenters. The zero-order valence-electron chi connectivity index (χ0n) is 11.0. The number of aliphatic hydroxyl groups excluding tert-OH is 1. The molecule has 0 aromatic heterocycles. The number of aliphatic hydroxyl groups is 1. The van der Waals surface area contributed by atoms with Crippen LogP contribution in [0.25, 0.3) is 0 Å². The SMILES string of the molecule is CCCCC(C(=O)OC)C(O)c1cccc(Cl)c1F. The molecule has 0 spiro atoms. The van der Waals surface area contributed by atoms with E-state index in [0.29, 0.717) is 6.42 Å². The van der Waals surface area contributed by atoms with E-state index in [4.69, 9.17) is 11.6 Å². The van der Waals surface area contributed by atoms with Crippen molar-refractivity contribution in [3.63, 3.8) is 0 Å². The second-order valence-corrected chi connectivity index (χ2v) is 4.77. The van der Waals surface area contributed by atoms with Crippen LogP contribution in [0.15, 0.2) is 18.2 Å². The van der Waals surface area contributed by atoms with Crippen LogP contribution in [-0.4, -0.2) is 18.2 Å². The van der Waals surface area contributed by atoms with Crippen molar-refractivity contribution in [1.82, 2.24) is 0 Å². The molecule has 3 nitrogen and oxygen atoms in total. The fraction of sp³-hybridized carbons (Fsp3) is 0.500. The summed E-state index contributed by atoms with van der Waals surface area (Å²) in [7, 11) is 1.25. The predicted octanol–water partition coefficient (Wildman–Crippen LogP) is 3.49. The lowest BCUT2D eigenvalue weighted by Gasteiger charge is -2.21. The van der Waals surface area contributed by atoms with Crippen molar-refractivity contribution in [2.75, 3.05) is 7.11 Å². The third-order valence-electron chi connectivity index (χ3n) is 3.05. The highest BCUT2D eigenvalue weighted by Crippen LogP contribution is 2.31. The molecule has 19 heavy (non-hydrogen) atoms. The summed E-state index contributed by atoms with van der Waals surface area (Å²) in [4.78, 5) is 11.7. The van der Waals surface area contributed by atoms with Gasteiger partial charge in [-0.3, -0.25) is 4.79 Å². The summed E-state index contributed by atoms with van der Waals surface area (Å²) in [6.07, 6.45) is 0.811. The maximum atomic E-state index is 13.9. The van der Waals surface area contributed by atoms with Crippen molar-refractivity contribution >= 4 is 17.6 Å². The van der Waals surface area contributed by atoms with Gasteiger partial charge in [0.05, 0.1) is 24.2 Å². The van der Waals surface area contributed by atoms with Gasteiger partial charge in [-0.05, 0) is 12.5 Å². The highest BCUT2D eigenvalue weighted by atomic mass is 35.5. The van der Waals surface area contributed by atoms with Crippen molar-refractivity contribution in [3.8, 4) is 0 Å². The molecular weight excluding hydrogens is 271 g/mol. The number of ether oxygens (including phenoxy) is 1. The van der Waals surface area contributed by atoms with E-state index in [0.717, 1.165) is 12.8 Å². The number of esters is 1. The molecule has 106 valence electrons. The number of hydrogen-bond donors (Lipinski definition) is 1. The Morgan fingerprint density at radius 3 is 2.79 bits per heavy atom. The quantitative estimate of drug-likeness (QED) is 0.815. The summed E-state index contributed by atoms with van der Waals surface area (Å²) in [6.45, 7) is 1.97. The Morgan fingerprint density at radius 1 is 1.53 bits per heavy atom. The Kier molecular flexibility index (Phi) is 6.25. The molecule has 0 saturated carbocycles. The molecule has 1 rings (SSSR count). The smallest absolute Gasteiger partial charge is 0.311 e. The summed E-state index contributed by atoms with van der Waals surface area (Å²) >= 11 is 5.68. The van der Waals surface area contributed by atoms with E-state index >= 15 is 0 Å². The number of carbonyl (C=O) groups excluding carboxylic acids is 1. The molecule has 1 aromatic rings. The van der Waals surface area contributed by atoms with Crippen LogP contribution >= 0.6 is 11.6 Å². The molecule has 0 amide bonds. The van der Waals surface area contributed by atoms with E-state index in [-0.39, 0.29) is 10.6 Å². The first-order chi connectivity index (χ1) is 9.02. The van der Waals surface area contributed by atoms with Crippen molar-refractivity contribution in [2.45, 2.75) is 32.3 Å². The molecule has 5 heteroatoms. The Balaban J connectivity index is 3.01. The Labute approximate surface area is 117 Å². The molecule has 2 atom stereocenters. The number of halogens is 2. The van der Waals surface area contributed by atoms with Crippen molar-refractivity contribution in [3.05, 3.63) is 34.6 Å². The van der Waals surface area contributed by atoms with Crippen LogP contribution < -0.4 is 0 Å². The average molecular weight is 289 g/mol. The summed E-state index contributed by atoms with van der Waals surface area (Å²) in [5.74, 6) is -2.01. The molecule has 0 radical (unpaired) electrons. The van der Waals surface area contributed by atoms with Crippen LogP contribution in [0.1, 0.15) is 37.9 Å². The zero-order valence-corrected chi connectivity index (χ0v) is 11.8. The van der Waals surface area contributed by atoms with Gasteiger partial charge in [-0.1, -0.05) is 43.5 Å². The van der Waals surface area contributed by atoms with Gasteiger partial charge < -0.3 is 9.84 Å². The monoisotopic (exact) mass is 288 g/mol. The molecule has 0 saturated heterocycles. The van der Waals surface area contributed by atoms with Gasteiger partial charge in [-0.25, -0.2) is 4.39 Å². The Bertz CT molecular complexity index is 437. The number of hydrogen-bond acceptors (Lipinski definition) is 3. The number of carbonyl (C=O) groups is 1. The molecular formula is C14H18ClFO3. The molecule has 1 N–H and O–H groups in total. The second kappa shape index (κ2) is 7.46. The van der Waals surface area contributed by atoms with Crippen LogP contribution in [0.2, 0.25) is 5.02 Å². The maximum absolute atomic E-state index is 13.9. The van der Waals surface area contributed by atoms with Crippen LogP contribution in [0.3, 0.4) is 0 Å². The van der Waals surface area contributed by atoms with Gasteiger partial charge in [-0.15, -0.1) is 0 Å². The third-order valence-corrected chi connectivity index (χ3v) is 3.35. The van der Waals surface area contributed by atoms with Gasteiger partial charge in [0.15, 0.2) is 0 Å². The number of rotatable bonds is 6. The minimum Gasteiger partial charge on any atom is -0.469 e. The molecule has 0 bridgehead atoms. The van der Waals surface area contributed by atoms with E-state index in [1.165, 1.54) is 25.3 Å². The van der Waals surface area contributed by atoms with Crippen molar-refractivity contribution in [1.29, 1.82) is 0 Å². The normalized spacial score (nSPS) is 13.9. The van der Waals surface area contributed by atoms with Gasteiger partial charge in [-0.2, -0.15) is 0 Å². The number of benzene rings is 1. The number of unbranched alkanes of at least 4 members (excludes halogenated alkanes) is 1. The largest absolute Gasteiger partial charge is 0.469 e. The average Bonchev–Trinajstić information content (AvgIpc) is 2.41. The summed E-state index contributed by atoms with van der Waals surface area (Å²) < 4.78 is 18.5. The predicted molar refractivity (Wildman–Crippen MR) is 71.4 cm³/mol. The second-order valence-electron chi connectivity index (χ2n) is 4.36. The van der Waals surface area contributed by atoms with Gasteiger partial charge in [0.1, 0.15) is 5.82 Å². The summed E-state index contributed by atoms with van der Waals surface area (Å²) in [6, 6.07) is 4.36. The maximum Gasteiger partial charge on any atom is 0.311 e. The fourth-order valence-electron chi connectivity index (χ4n) is 1.95. The summed E-state index contributed by atoms with van der Waals surface area (Å²) in [5.41, 5.74) is 0.0269.